The summed E-state index contributed by atoms with van der Waals surface area (Å²) in [7, 11) is 0. The molecule has 3 aromatic rings. The summed E-state index contributed by atoms with van der Waals surface area (Å²) in [6, 6.07) is 9.53. The standard InChI is InChI=1S/C22H19N3O4/c1-24-10-19(26)25-16(22(24)27)9-14-13-4-2-3-5-15(13)23-20(14)21(25)12-6-7-17-18(8-12)29-11-28-17/h2-8,16,21,23H,9-11H2,1H3/t16-,21-/m1/s1/i1D3,21D. The van der Waals surface area contributed by atoms with Gasteiger partial charge in [-0.05, 0) is 29.3 Å². The second-order valence-electron chi connectivity index (χ2n) is 7.35. The Bertz CT molecular complexity index is 1340. The van der Waals surface area contributed by atoms with Crippen LogP contribution in [0.1, 0.15) is 28.3 Å². The second-order valence-corrected chi connectivity index (χ2v) is 7.35. The molecular formula is C22H19N3O4. The first-order valence-corrected chi connectivity index (χ1v) is 9.33. The Morgan fingerprint density at radius 2 is 2.03 bits per heavy atom. The van der Waals surface area contributed by atoms with Gasteiger partial charge >= 0.3 is 0 Å². The Morgan fingerprint density at radius 1 is 1.17 bits per heavy atom. The number of likely N-dealkylation sites (N-methyl/N-ethyl adjacent to an activating group) is 1. The van der Waals surface area contributed by atoms with Crippen molar-refractivity contribution in [3.63, 3.8) is 0 Å². The summed E-state index contributed by atoms with van der Waals surface area (Å²) < 4.78 is 43.8. The number of amides is 2. The zero-order chi connectivity index (χ0) is 23.1. The Labute approximate surface area is 172 Å². The van der Waals surface area contributed by atoms with Crippen LogP contribution in [0.2, 0.25) is 0 Å². The number of hydrogen-bond acceptors (Lipinski definition) is 4. The minimum absolute atomic E-state index is 0.0543. The van der Waals surface area contributed by atoms with Crippen LogP contribution in [0.25, 0.3) is 10.9 Å². The van der Waals surface area contributed by atoms with Crippen molar-refractivity contribution < 1.29 is 24.5 Å². The van der Waals surface area contributed by atoms with Crippen LogP contribution in [-0.2, 0) is 16.0 Å². The maximum absolute atomic E-state index is 13.4. The molecule has 2 atom stereocenters. The van der Waals surface area contributed by atoms with Crippen LogP contribution >= 0.6 is 0 Å². The van der Waals surface area contributed by atoms with Crippen molar-refractivity contribution in [1.29, 1.82) is 0 Å². The molecule has 6 rings (SSSR count). The van der Waals surface area contributed by atoms with E-state index >= 15 is 0 Å². The molecule has 2 aromatic carbocycles. The monoisotopic (exact) mass is 393 g/mol. The smallest absolute Gasteiger partial charge is 0.245 e. The number of carbonyl (C=O) groups excluding carboxylic acids is 2. The van der Waals surface area contributed by atoms with E-state index in [0.29, 0.717) is 33.2 Å². The first-order valence-electron chi connectivity index (χ1n) is 11.3. The first-order chi connectivity index (χ1) is 15.7. The molecule has 7 nitrogen and oxygen atoms in total. The molecule has 3 aliphatic rings. The van der Waals surface area contributed by atoms with Gasteiger partial charge in [0.2, 0.25) is 18.6 Å². The van der Waals surface area contributed by atoms with Crippen LogP contribution in [0, 0.1) is 0 Å². The minimum atomic E-state index is -2.75. The van der Waals surface area contributed by atoms with Crippen molar-refractivity contribution in [2.75, 3.05) is 20.3 Å². The topological polar surface area (TPSA) is 74.9 Å². The van der Waals surface area contributed by atoms with Gasteiger partial charge in [0.1, 0.15) is 6.04 Å². The normalized spacial score (nSPS) is 27.8. The summed E-state index contributed by atoms with van der Waals surface area (Å²) in [5.41, 5.74) is 2.37. The fraction of sp³-hybridized carbons (Fsp3) is 0.273. The number of benzene rings is 2. The van der Waals surface area contributed by atoms with Crippen LogP contribution in [0.3, 0.4) is 0 Å². The molecule has 1 fully saturated rings. The minimum Gasteiger partial charge on any atom is -0.454 e. The molecule has 0 unspecified atom stereocenters. The molecule has 2 amide bonds. The molecular weight excluding hydrogens is 370 g/mol. The number of aromatic nitrogens is 1. The van der Waals surface area contributed by atoms with E-state index in [0.717, 1.165) is 10.9 Å². The highest BCUT2D eigenvalue weighted by atomic mass is 16.7. The maximum atomic E-state index is 13.4. The predicted molar refractivity (Wildman–Crippen MR) is 105 cm³/mol. The Balaban J connectivity index is 1.60. The van der Waals surface area contributed by atoms with Crippen LogP contribution in [0.15, 0.2) is 42.5 Å². The number of rotatable bonds is 1. The number of carbonyl (C=O) groups is 2. The van der Waals surface area contributed by atoms with E-state index in [4.69, 9.17) is 13.6 Å². The van der Waals surface area contributed by atoms with Crippen molar-refractivity contribution in [1.82, 2.24) is 14.8 Å². The highest BCUT2D eigenvalue weighted by Crippen LogP contribution is 2.44. The lowest BCUT2D eigenvalue weighted by Crippen LogP contribution is -2.62. The molecule has 146 valence electrons. The van der Waals surface area contributed by atoms with Gasteiger partial charge in [0.25, 0.3) is 0 Å². The lowest BCUT2D eigenvalue weighted by atomic mass is 9.86. The Morgan fingerprint density at radius 3 is 2.93 bits per heavy atom. The highest BCUT2D eigenvalue weighted by Gasteiger charge is 2.47. The summed E-state index contributed by atoms with van der Waals surface area (Å²) in [5, 5.41) is 0.829. The van der Waals surface area contributed by atoms with Gasteiger partial charge in [-0.1, -0.05) is 24.3 Å². The molecule has 0 saturated carbocycles. The summed E-state index contributed by atoms with van der Waals surface area (Å²) >= 11 is 0. The molecule has 4 heterocycles. The number of piperazine rings is 1. The number of H-pyrrole nitrogens is 1. The number of para-hydroxylation sites is 1. The van der Waals surface area contributed by atoms with Crippen molar-refractivity contribution in [3.05, 3.63) is 59.3 Å². The average molecular weight is 393 g/mol. The highest BCUT2D eigenvalue weighted by molar-refractivity contribution is 5.97. The number of fused-ring (bicyclic) bond motifs is 5. The van der Waals surface area contributed by atoms with E-state index in [1.54, 1.807) is 18.2 Å². The van der Waals surface area contributed by atoms with Crippen LogP contribution in [0.4, 0.5) is 0 Å². The average Bonchev–Trinajstić information content (AvgIpc) is 3.39. The number of aromatic amines is 1. The molecule has 3 aliphatic heterocycles. The van der Waals surface area contributed by atoms with E-state index in [-0.39, 0.29) is 13.2 Å². The maximum Gasteiger partial charge on any atom is 0.245 e. The van der Waals surface area contributed by atoms with Gasteiger partial charge < -0.3 is 24.3 Å². The van der Waals surface area contributed by atoms with E-state index in [1.807, 2.05) is 24.3 Å². The van der Waals surface area contributed by atoms with Gasteiger partial charge in [-0.15, -0.1) is 0 Å². The number of nitrogens with zero attached hydrogens (tertiary/aromatic N) is 2. The predicted octanol–water partition coefficient (Wildman–Crippen LogP) is 2.21. The molecule has 0 radical (unpaired) electrons. The third-order valence-corrected chi connectivity index (χ3v) is 5.76. The number of ether oxygens (including phenoxy) is 2. The van der Waals surface area contributed by atoms with Crippen LogP contribution in [0.5, 0.6) is 11.5 Å². The van der Waals surface area contributed by atoms with E-state index in [9.17, 15) is 11.0 Å². The lowest BCUT2D eigenvalue weighted by molar-refractivity contribution is -0.157. The summed E-state index contributed by atoms with van der Waals surface area (Å²) in [4.78, 5) is 31.9. The molecule has 1 aromatic heterocycles. The van der Waals surface area contributed by atoms with Crippen molar-refractivity contribution in [3.8, 4) is 11.5 Å². The SMILES string of the molecule is [2H]C([2H])([2H])N1CC(=O)N2[C@H](Cc3c([nH]c4ccccc34)[C@@]2([2H])c2ccc3c(c2)OCO3)C1=O. The zero-order valence-corrected chi connectivity index (χ0v) is 15.3. The lowest BCUT2D eigenvalue weighted by Gasteiger charge is -2.46. The summed E-state index contributed by atoms with van der Waals surface area (Å²) in [6.45, 7) is -3.31. The quantitative estimate of drug-likeness (QED) is 0.688. The molecule has 0 bridgehead atoms. The van der Waals surface area contributed by atoms with Gasteiger partial charge in [0, 0.05) is 34.1 Å². The van der Waals surface area contributed by atoms with Crippen LogP contribution in [-0.4, -0.2) is 53.0 Å². The molecule has 29 heavy (non-hydrogen) atoms. The Hall–Kier alpha value is -3.48. The third kappa shape index (κ3) is 2.24. The van der Waals surface area contributed by atoms with Gasteiger partial charge in [-0.25, -0.2) is 0 Å². The van der Waals surface area contributed by atoms with Crippen molar-refractivity contribution >= 4 is 22.7 Å². The van der Waals surface area contributed by atoms with Crippen LogP contribution < -0.4 is 9.47 Å². The Kier molecular flexibility index (Phi) is 2.56. The molecule has 7 heteroatoms. The molecule has 1 N–H and O–H groups in total. The fourth-order valence-corrected chi connectivity index (χ4v) is 4.47. The molecule has 0 aliphatic carbocycles. The van der Waals surface area contributed by atoms with Crippen molar-refractivity contribution in [2.24, 2.45) is 0 Å². The largest absolute Gasteiger partial charge is 0.454 e. The van der Waals surface area contributed by atoms with Gasteiger partial charge in [0.15, 0.2) is 11.5 Å². The fourth-order valence-electron chi connectivity index (χ4n) is 4.47. The van der Waals surface area contributed by atoms with E-state index < -0.39 is 37.4 Å². The van der Waals surface area contributed by atoms with E-state index in [1.165, 1.54) is 4.90 Å². The summed E-state index contributed by atoms with van der Waals surface area (Å²) in [6.07, 6.45) is 0.113. The zero-order valence-electron chi connectivity index (χ0n) is 19.3. The van der Waals surface area contributed by atoms with E-state index in [2.05, 4.69) is 4.98 Å². The second kappa shape index (κ2) is 5.76. The van der Waals surface area contributed by atoms with Gasteiger partial charge in [-0.2, -0.15) is 0 Å². The first kappa shape index (κ1) is 12.9. The third-order valence-electron chi connectivity index (χ3n) is 5.76. The molecule has 0 spiro atoms. The van der Waals surface area contributed by atoms with Crippen molar-refractivity contribution in [2.45, 2.75) is 18.5 Å². The number of hydrogen-bond donors (Lipinski definition) is 1. The van der Waals surface area contributed by atoms with Gasteiger partial charge in [0.05, 0.1) is 13.9 Å². The number of nitrogens with one attached hydrogen (secondary N) is 1. The van der Waals surface area contributed by atoms with Gasteiger partial charge in [-0.3, -0.25) is 9.59 Å². The summed E-state index contributed by atoms with van der Waals surface area (Å²) in [5.74, 6) is -0.324. The molecule has 1 saturated heterocycles.